The van der Waals surface area contributed by atoms with Crippen LogP contribution in [-0.4, -0.2) is 53.8 Å². The number of carbonyl (C=O) groups excluding carboxylic acids is 1. The number of ether oxygens (including phenoxy) is 4. The van der Waals surface area contributed by atoms with Crippen molar-refractivity contribution in [3.05, 3.63) is 82.5 Å². The molecule has 2 aromatic heterocycles. The summed E-state index contributed by atoms with van der Waals surface area (Å²) in [6.45, 7) is 2.07. The lowest BCUT2D eigenvalue weighted by Gasteiger charge is -2.22. The third-order valence-corrected chi connectivity index (χ3v) is 6.27. The fourth-order valence-electron chi connectivity index (χ4n) is 4.48. The highest BCUT2D eigenvalue weighted by molar-refractivity contribution is 5.94. The van der Waals surface area contributed by atoms with Gasteiger partial charge >= 0.3 is 6.29 Å². The molecule has 0 saturated heterocycles. The number of carbonyl (C=O) groups is 1. The van der Waals surface area contributed by atoms with Crippen molar-refractivity contribution in [2.75, 3.05) is 31.8 Å². The summed E-state index contributed by atoms with van der Waals surface area (Å²) in [6, 6.07) is 13.0. The van der Waals surface area contributed by atoms with Crippen LogP contribution in [0.25, 0.3) is 10.8 Å². The Kier molecular flexibility index (Phi) is 7.60. The molecular weight excluding hydrogens is 526 g/mol. The minimum Gasteiger partial charge on any atom is -0.490 e. The van der Waals surface area contributed by atoms with Gasteiger partial charge in [0.15, 0.2) is 11.5 Å². The van der Waals surface area contributed by atoms with Gasteiger partial charge in [-0.3, -0.25) is 14.6 Å². The Morgan fingerprint density at radius 2 is 1.93 bits per heavy atom. The van der Waals surface area contributed by atoms with Crippen molar-refractivity contribution in [1.29, 1.82) is 0 Å². The van der Waals surface area contributed by atoms with Crippen LogP contribution >= 0.6 is 0 Å². The Balaban J connectivity index is 1.52. The maximum absolute atomic E-state index is 13.7. The summed E-state index contributed by atoms with van der Waals surface area (Å²) in [5.74, 6) is -0.455. The number of anilines is 1. The number of hydrogen-bond donors (Lipinski definition) is 0. The quantitative estimate of drug-likeness (QED) is 0.274. The molecule has 1 amide bonds. The van der Waals surface area contributed by atoms with E-state index in [4.69, 9.17) is 9.47 Å². The van der Waals surface area contributed by atoms with E-state index in [2.05, 4.69) is 19.6 Å². The molecule has 0 unspecified atom stereocenters. The SMILES string of the molecule is CCN(C(=O)Cn1nc(Cc2cccnc2)c2cccc(OCCOC)c2c1=O)c1ccc2c(c1)OC(F)(F)O2. The third kappa shape index (κ3) is 5.57. The molecule has 10 nitrogen and oxygen atoms in total. The smallest absolute Gasteiger partial charge is 0.490 e. The largest absolute Gasteiger partial charge is 0.586 e. The summed E-state index contributed by atoms with van der Waals surface area (Å²) in [5, 5.41) is 5.45. The summed E-state index contributed by atoms with van der Waals surface area (Å²) < 4.78 is 48.0. The predicted molar refractivity (Wildman–Crippen MR) is 141 cm³/mol. The van der Waals surface area contributed by atoms with E-state index in [-0.39, 0.29) is 30.0 Å². The van der Waals surface area contributed by atoms with Gasteiger partial charge in [0.1, 0.15) is 18.9 Å². The highest BCUT2D eigenvalue weighted by Gasteiger charge is 2.43. The van der Waals surface area contributed by atoms with E-state index in [0.717, 1.165) is 10.2 Å². The van der Waals surface area contributed by atoms with Gasteiger partial charge in [-0.25, -0.2) is 4.68 Å². The zero-order valence-corrected chi connectivity index (χ0v) is 21.8. The standard InChI is InChI=1S/C28H26F2N4O6/c1-3-33(19-9-10-22-24(15-19)40-28(29,30)39-22)25(35)17-34-27(36)26-20(7-4-8-23(26)38-13-12-37-2)21(32-34)14-18-6-5-11-31-16-18/h4-11,15-16H,3,12-14,17H2,1-2H3. The molecule has 0 N–H and O–H groups in total. The molecule has 2 aromatic carbocycles. The van der Waals surface area contributed by atoms with E-state index in [1.165, 1.54) is 23.1 Å². The zero-order valence-electron chi connectivity index (χ0n) is 21.8. The molecule has 0 saturated carbocycles. The van der Waals surface area contributed by atoms with Crippen molar-refractivity contribution in [2.45, 2.75) is 26.2 Å². The molecule has 40 heavy (non-hydrogen) atoms. The first kappa shape index (κ1) is 27.0. The van der Waals surface area contributed by atoms with E-state index in [1.54, 1.807) is 50.7 Å². The Hall–Kier alpha value is -4.58. The van der Waals surface area contributed by atoms with E-state index in [9.17, 15) is 18.4 Å². The molecule has 0 spiro atoms. The number of likely N-dealkylation sites (N-methyl/N-ethyl adjacent to an activating group) is 1. The van der Waals surface area contributed by atoms with Crippen molar-refractivity contribution in [1.82, 2.24) is 14.8 Å². The van der Waals surface area contributed by atoms with Gasteiger partial charge in [-0.2, -0.15) is 5.10 Å². The molecular formula is C28H26F2N4O6. The lowest BCUT2D eigenvalue weighted by atomic mass is 10.0. The van der Waals surface area contributed by atoms with E-state index >= 15 is 0 Å². The molecule has 1 aliphatic rings. The second-order valence-electron chi connectivity index (χ2n) is 8.90. The number of rotatable bonds is 10. The summed E-state index contributed by atoms with van der Waals surface area (Å²) in [7, 11) is 1.55. The summed E-state index contributed by atoms with van der Waals surface area (Å²) in [6.07, 6.45) is -0.0613. The van der Waals surface area contributed by atoms with Crippen molar-refractivity contribution >= 4 is 22.4 Å². The van der Waals surface area contributed by atoms with Crippen LogP contribution in [0, 0.1) is 0 Å². The van der Waals surface area contributed by atoms with E-state index < -0.39 is 24.3 Å². The van der Waals surface area contributed by atoms with E-state index in [0.29, 0.717) is 35.5 Å². The number of hydrogen-bond acceptors (Lipinski definition) is 8. The van der Waals surface area contributed by atoms with Crippen LogP contribution in [0.15, 0.2) is 65.7 Å². The number of methoxy groups -OCH3 is 1. The molecule has 0 aliphatic carbocycles. The van der Waals surface area contributed by atoms with Gasteiger partial charge in [-0.05, 0) is 36.8 Å². The average Bonchev–Trinajstić information content (AvgIpc) is 3.25. The highest BCUT2D eigenvalue weighted by Crippen LogP contribution is 2.42. The molecule has 208 valence electrons. The molecule has 0 fully saturated rings. The fraction of sp³-hybridized carbons (Fsp3) is 0.286. The van der Waals surface area contributed by atoms with Crippen LogP contribution in [0.2, 0.25) is 0 Å². The van der Waals surface area contributed by atoms with Crippen molar-refractivity contribution in [3.8, 4) is 17.2 Å². The minimum atomic E-state index is -3.78. The Morgan fingerprint density at radius 3 is 2.67 bits per heavy atom. The maximum atomic E-state index is 13.7. The van der Waals surface area contributed by atoms with Crippen LogP contribution in [0.4, 0.5) is 14.5 Å². The first-order valence-corrected chi connectivity index (χ1v) is 12.5. The number of alkyl halides is 2. The predicted octanol–water partition coefficient (Wildman–Crippen LogP) is 3.78. The molecule has 3 heterocycles. The molecule has 0 bridgehead atoms. The van der Waals surface area contributed by atoms with E-state index in [1.807, 2.05) is 6.07 Å². The first-order chi connectivity index (χ1) is 19.3. The number of pyridine rings is 1. The Labute approximate surface area is 227 Å². The lowest BCUT2D eigenvalue weighted by molar-refractivity contribution is -0.286. The molecule has 12 heteroatoms. The summed E-state index contributed by atoms with van der Waals surface area (Å²) in [4.78, 5) is 32.7. The molecule has 1 aliphatic heterocycles. The van der Waals surface area contributed by atoms with Gasteiger partial charge in [0.2, 0.25) is 5.91 Å². The number of nitrogens with zero attached hydrogens (tertiary/aromatic N) is 4. The number of benzene rings is 2. The Morgan fingerprint density at radius 1 is 1.10 bits per heavy atom. The van der Waals surface area contributed by atoms with Crippen LogP contribution in [0.5, 0.6) is 17.2 Å². The van der Waals surface area contributed by atoms with Gasteiger partial charge in [-0.15, -0.1) is 8.78 Å². The maximum Gasteiger partial charge on any atom is 0.586 e. The average molecular weight is 553 g/mol. The molecule has 4 aromatic rings. The van der Waals surface area contributed by atoms with Crippen molar-refractivity contribution in [2.24, 2.45) is 0 Å². The van der Waals surface area contributed by atoms with Gasteiger partial charge in [0, 0.05) is 49.6 Å². The van der Waals surface area contributed by atoms with Crippen LogP contribution in [0.1, 0.15) is 18.2 Å². The molecule has 5 rings (SSSR count). The van der Waals surface area contributed by atoms with Crippen LogP contribution in [-0.2, 0) is 22.5 Å². The van der Waals surface area contributed by atoms with Gasteiger partial charge < -0.3 is 23.8 Å². The number of fused-ring (bicyclic) bond motifs is 2. The Bertz CT molecular complexity index is 1600. The fourth-order valence-corrected chi connectivity index (χ4v) is 4.48. The minimum absolute atomic E-state index is 0.134. The normalized spacial score (nSPS) is 13.4. The second kappa shape index (κ2) is 11.3. The first-order valence-electron chi connectivity index (χ1n) is 12.5. The number of amides is 1. The summed E-state index contributed by atoms with van der Waals surface area (Å²) >= 11 is 0. The molecule has 0 radical (unpaired) electrons. The van der Waals surface area contributed by atoms with Gasteiger partial charge in [0.05, 0.1) is 17.7 Å². The number of halogens is 2. The third-order valence-electron chi connectivity index (χ3n) is 6.27. The van der Waals surface area contributed by atoms with Crippen LogP contribution < -0.4 is 24.7 Å². The highest BCUT2D eigenvalue weighted by atomic mass is 19.3. The van der Waals surface area contributed by atoms with Crippen molar-refractivity contribution in [3.63, 3.8) is 0 Å². The lowest BCUT2D eigenvalue weighted by Crippen LogP contribution is -2.38. The zero-order chi connectivity index (χ0) is 28.3. The summed E-state index contributed by atoms with van der Waals surface area (Å²) in [5.41, 5.74) is 1.22. The molecule has 0 atom stereocenters. The van der Waals surface area contributed by atoms with Gasteiger partial charge in [0.25, 0.3) is 5.56 Å². The topological polar surface area (TPSA) is 105 Å². The van der Waals surface area contributed by atoms with Crippen molar-refractivity contribution < 1.29 is 32.5 Å². The monoisotopic (exact) mass is 552 g/mol. The second-order valence-corrected chi connectivity index (χ2v) is 8.90. The van der Waals surface area contributed by atoms with Crippen LogP contribution in [0.3, 0.4) is 0 Å². The van der Waals surface area contributed by atoms with Gasteiger partial charge in [-0.1, -0.05) is 18.2 Å². The number of aromatic nitrogens is 3.